The van der Waals surface area contributed by atoms with Gasteiger partial charge in [0.25, 0.3) is 0 Å². The molecule has 0 saturated heterocycles. The number of esters is 2. The molecular weight excluding hydrogens is 268 g/mol. The first kappa shape index (κ1) is 16.7. The van der Waals surface area contributed by atoms with E-state index < -0.39 is 11.9 Å². The van der Waals surface area contributed by atoms with Crippen LogP contribution in [0.3, 0.4) is 0 Å². The topological polar surface area (TPSA) is 52.6 Å². The summed E-state index contributed by atoms with van der Waals surface area (Å²) in [5.41, 5.74) is 2.36. The molecule has 0 atom stereocenters. The summed E-state index contributed by atoms with van der Waals surface area (Å²) in [6, 6.07) is 9.47. The third kappa shape index (κ3) is 4.91. The van der Waals surface area contributed by atoms with Gasteiger partial charge in [-0.25, -0.2) is 0 Å². The summed E-state index contributed by atoms with van der Waals surface area (Å²) in [5.74, 6) is -0.383. The molecule has 0 radical (unpaired) electrons. The lowest BCUT2D eigenvalue weighted by Crippen LogP contribution is -2.10. The molecule has 21 heavy (non-hydrogen) atoms. The number of carbonyl (C=O) groups is 2. The Labute approximate surface area is 125 Å². The average molecular weight is 288 g/mol. The van der Waals surface area contributed by atoms with Gasteiger partial charge in [-0.1, -0.05) is 30.3 Å². The highest BCUT2D eigenvalue weighted by molar-refractivity contribution is 5.76. The predicted octanol–water partition coefficient (Wildman–Crippen LogP) is 3.84. The second-order valence-corrected chi connectivity index (χ2v) is 4.84. The summed E-state index contributed by atoms with van der Waals surface area (Å²) in [7, 11) is 0. The highest BCUT2D eigenvalue weighted by Crippen LogP contribution is 2.27. The van der Waals surface area contributed by atoms with Gasteiger partial charge >= 0.3 is 11.9 Å². The fourth-order valence-corrected chi connectivity index (χ4v) is 1.78. The molecule has 0 saturated carbocycles. The molecule has 0 fully saturated rings. The van der Waals surface area contributed by atoms with Crippen LogP contribution in [0.2, 0.25) is 0 Å². The maximum Gasteiger partial charge on any atom is 0.308 e. The minimum absolute atomic E-state index is 0.268. The Hall–Kier alpha value is -2.36. The lowest BCUT2D eigenvalue weighted by Gasteiger charge is -2.16. The van der Waals surface area contributed by atoms with Gasteiger partial charge in [0.2, 0.25) is 0 Å². The zero-order valence-corrected chi connectivity index (χ0v) is 13.0. The molecule has 4 nitrogen and oxygen atoms in total. The van der Waals surface area contributed by atoms with Crippen LogP contribution in [0.4, 0.5) is 0 Å². The summed E-state index contributed by atoms with van der Waals surface area (Å²) in [6.07, 6.45) is 0. The molecule has 0 spiro atoms. The van der Waals surface area contributed by atoms with E-state index >= 15 is 0 Å². The van der Waals surface area contributed by atoms with Crippen molar-refractivity contribution in [1.82, 2.24) is 0 Å². The number of ether oxygens (including phenoxy) is 2. The molecule has 1 aromatic rings. The molecule has 112 valence electrons. The molecule has 0 bridgehead atoms. The maximum absolute atomic E-state index is 11.4. The Morgan fingerprint density at radius 3 is 1.67 bits per heavy atom. The summed E-state index contributed by atoms with van der Waals surface area (Å²) < 4.78 is 10.5. The van der Waals surface area contributed by atoms with E-state index in [0.717, 1.165) is 16.7 Å². The average Bonchev–Trinajstić information content (AvgIpc) is 2.42. The lowest BCUT2D eigenvalue weighted by molar-refractivity contribution is -0.141. The molecule has 0 heterocycles. The maximum atomic E-state index is 11.4. The minimum atomic E-state index is -0.466. The standard InChI is InChI=1S/C17H20O4/c1-11(2)16(20-13(4)18)17(21-14(5)19)12(3)15-9-7-6-8-10-15/h6-10H,1-5H3/b17-12-. The highest BCUT2D eigenvalue weighted by atomic mass is 16.6. The third-order valence-corrected chi connectivity index (χ3v) is 2.70. The Morgan fingerprint density at radius 2 is 1.24 bits per heavy atom. The number of carbonyl (C=O) groups excluding carboxylic acids is 2. The summed E-state index contributed by atoms with van der Waals surface area (Å²) >= 11 is 0. The van der Waals surface area contributed by atoms with Crippen LogP contribution >= 0.6 is 0 Å². The van der Waals surface area contributed by atoms with Crippen LogP contribution in [0.25, 0.3) is 5.57 Å². The minimum Gasteiger partial charge on any atom is -0.423 e. The van der Waals surface area contributed by atoms with Gasteiger partial charge in [-0.2, -0.15) is 0 Å². The molecule has 0 aliphatic heterocycles. The molecule has 0 amide bonds. The summed E-state index contributed by atoms with van der Waals surface area (Å²) in [5, 5.41) is 0. The Balaban J connectivity index is 3.43. The van der Waals surface area contributed by atoms with Crippen LogP contribution in [0.1, 0.15) is 40.2 Å². The summed E-state index contributed by atoms with van der Waals surface area (Å²) in [6.45, 7) is 8.03. The lowest BCUT2D eigenvalue weighted by atomic mass is 10.0. The first-order valence-corrected chi connectivity index (χ1v) is 6.64. The van der Waals surface area contributed by atoms with Crippen molar-refractivity contribution < 1.29 is 19.1 Å². The van der Waals surface area contributed by atoms with E-state index in [-0.39, 0.29) is 11.5 Å². The van der Waals surface area contributed by atoms with Gasteiger partial charge in [0.1, 0.15) is 0 Å². The number of benzene rings is 1. The van der Waals surface area contributed by atoms with E-state index in [2.05, 4.69) is 0 Å². The second kappa shape index (κ2) is 7.43. The number of hydrogen-bond donors (Lipinski definition) is 0. The fraction of sp³-hybridized carbons (Fsp3) is 0.294. The van der Waals surface area contributed by atoms with Crippen LogP contribution in [0, 0.1) is 0 Å². The van der Waals surface area contributed by atoms with Gasteiger partial charge in [-0.3, -0.25) is 9.59 Å². The number of hydrogen-bond acceptors (Lipinski definition) is 4. The van der Waals surface area contributed by atoms with E-state index in [1.54, 1.807) is 13.8 Å². The fourth-order valence-electron chi connectivity index (χ4n) is 1.78. The van der Waals surface area contributed by atoms with Crippen LogP contribution in [0.5, 0.6) is 0 Å². The van der Waals surface area contributed by atoms with Crippen molar-refractivity contribution in [2.75, 3.05) is 0 Å². The van der Waals surface area contributed by atoms with Gasteiger partial charge in [0, 0.05) is 19.4 Å². The smallest absolute Gasteiger partial charge is 0.308 e. The van der Waals surface area contributed by atoms with Crippen molar-refractivity contribution >= 4 is 17.5 Å². The van der Waals surface area contributed by atoms with Crippen LogP contribution in [0.15, 0.2) is 47.4 Å². The van der Waals surface area contributed by atoms with Crippen molar-refractivity contribution in [3.8, 4) is 0 Å². The van der Waals surface area contributed by atoms with Crippen molar-refractivity contribution in [3.63, 3.8) is 0 Å². The van der Waals surface area contributed by atoms with Gasteiger partial charge in [0.15, 0.2) is 11.5 Å². The van der Waals surface area contributed by atoms with Crippen molar-refractivity contribution in [3.05, 3.63) is 53.0 Å². The van der Waals surface area contributed by atoms with E-state index in [4.69, 9.17) is 9.47 Å². The zero-order chi connectivity index (χ0) is 16.0. The van der Waals surface area contributed by atoms with Crippen molar-refractivity contribution in [2.24, 2.45) is 0 Å². The Bertz CT molecular complexity index is 590. The van der Waals surface area contributed by atoms with Crippen LogP contribution in [-0.4, -0.2) is 11.9 Å². The number of allylic oxidation sites excluding steroid dienone is 2. The molecular formula is C17H20O4. The van der Waals surface area contributed by atoms with Gasteiger partial charge in [-0.15, -0.1) is 0 Å². The van der Waals surface area contributed by atoms with Crippen molar-refractivity contribution in [1.29, 1.82) is 0 Å². The predicted molar refractivity (Wildman–Crippen MR) is 80.9 cm³/mol. The monoisotopic (exact) mass is 288 g/mol. The number of rotatable bonds is 4. The van der Waals surface area contributed by atoms with Crippen molar-refractivity contribution in [2.45, 2.75) is 34.6 Å². The van der Waals surface area contributed by atoms with Gasteiger partial charge < -0.3 is 9.47 Å². The molecule has 0 aromatic heterocycles. The first-order chi connectivity index (χ1) is 9.82. The molecule has 1 aromatic carbocycles. The second-order valence-electron chi connectivity index (χ2n) is 4.84. The molecule has 1 rings (SSSR count). The molecule has 4 heteroatoms. The first-order valence-electron chi connectivity index (χ1n) is 6.64. The SMILES string of the molecule is CC(=O)OC(=C(C)C)/C(OC(C)=O)=C(\C)c1ccccc1. The van der Waals surface area contributed by atoms with Crippen LogP contribution < -0.4 is 0 Å². The molecule has 0 N–H and O–H groups in total. The van der Waals surface area contributed by atoms with E-state index in [0.29, 0.717) is 0 Å². The van der Waals surface area contributed by atoms with Gasteiger partial charge in [-0.05, 0) is 31.9 Å². The normalized spacial score (nSPS) is 11.3. The zero-order valence-electron chi connectivity index (χ0n) is 13.0. The summed E-state index contributed by atoms with van der Waals surface area (Å²) in [4.78, 5) is 22.7. The van der Waals surface area contributed by atoms with E-state index in [9.17, 15) is 9.59 Å². The van der Waals surface area contributed by atoms with E-state index in [1.165, 1.54) is 13.8 Å². The quantitative estimate of drug-likeness (QED) is 0.480. The van der Waals surface area contributed by atoms with Crippen LogP contribution in [-0.2, 0) is 19.1 Å². The Morgan fingerprint density at radius 1 is 0.762 bits per heavy atom. The highest BCUT2D eigenvalue weighted by Gasteiger charge is 2.19. The van der Waals surface area contributed by atoms with Gasteiger partial charge in [0.05, 0.1) is 0 Å². The van der Waals surface area contributed by atoms with E-state index in [1.807, 2.05) is 37.3 Å². The molecule has 0 unspecified atom stereocenters. The molecule has 0 aliphatic rings. The largest absolute Gasteiger partial charge is 0.423 e. The Kier molecular flexibility index (Phi) is 5.91. The molecule has 0 aliphatic carbocycles. The third-order valence-electron chi connectivity index (χ3n) is 2.70.